The predicted molar refractivity (Wildman–Crippen MR) is 119 cm³/mol. The molecule has 1 aliphatic rings. The summed E-state index contributed by atoms with van der Waals surface area (Å²) in [5, 5.41) is 3.98. The zero-order valence-electron chi connectivity index (χ0n) is 18.8. The van der Waals surface area contributed by atoms with Crippen molar-refractivity contribution in [1.29, 1.82) is 0 Å². The van der Waals surface area contributed by atoms with Gasteiger partial charge in [-0.05, 0) is 46.2 Å². The van der Waals surface area contributed by atoms with Crippen LogP contribution in [0.1, 0.15) is 51.8 Å². The number of carbonyl (C=O) groups is 2. The maximum Gasteiger partial charge on any atom is 0.408 e. The molecule has 2 aromatic rings. The van der Waals surface area contributed by atoms with Gasteiger partial charge in [-0.25, -0.2) is 9.78 Å². The number of ether oxygens (including phenoxy) is 1. The molecule has 7 nitrogen and oxygen atoms in total. The van der Waals surface area contributed by atoms with Gasteiger partial charge in [-0.15, -0.1) is 0 Å². The van der Waals surface area contributed by atoms with Gasteiger partial charge in [-0.3, -0.25) is 4.79 Å². The monoisotopic (exact) mass is 412 g/mol. The van der Waals surface area contributed by atoms with E-state index in [9.17, 15) is 9.59 Å². The van der Waals surface area contributed by atoms with E-state index in [2.05, 4.69) is 29.3 Å². The zero-order valence-corrected chi connectivity index (χ0v) is 18.8. The number of aryl methyl sites for hydroxylation is 1. The number of pyridine rings is 1. The standard InChI is InChI=1S/C23H32N4O3/c1-15-8-7-9-18-14-19(16(2)24-22(29)30-23(4,5)6)21(25-20(15)18)27-12-10-26(11-13-27)17(3)28/h7-9,14,16H,10-13H2,1-6H3,(H,24,29)/t16-/m0/s1. The number of anilines is 1. The third-order valence-corrected chi connectivity index (χ3v) is 5.28. The summed E-state index contributed by atoms with van der Waals surface area (Å²) in [4.78, 5) is 33.1. The highest BCUT2D eigenvalue weighted by Crippen LogP contribution is 2.30. The maximum absolute atomic E-state index is 12.4. The van der Waals surface area contributed by atoms with Gasteiger partial charge >= 0.3 is 6.09 Å². The van der Waals surface area contributed by atoms with E-state index in [0.717, 1.165) is 27.8 Å². The first-order valence-corrected chi connectivity index (χ1v) is 10.5. The Kier molecular flexibility index (Phi) is 6.19. The molecule has 162 valence electrons. The van der Waals surface area contributed by atoms with E-state index in [0.29, 0.717) is 26.2 Å². The number of piperazine rings is 1. The van der Waals surface area contributed by atoms with Gasteiger partial charge in [-0.2, -0.15) is 0 Å². The van der Waals surface area contributed by atoms with Gasteiger partial charge in [0.15, 0.2) is 0 Å². The molecule has 0 aliphatic carbocycles. The second kappa shape index (κ2) is 8.50. The van der Waals surface area contributed by atoms with Crippen molar-refractivity contribution in [2.24, 2.45) is 0 Å². The first-order valence-electron chi connectivity index (χ1n) is 10.5. The number of para-hydroxylation sites is 1. The SMILES string of the molecule is CC(=O)N1CCN(c2nc3c(C)cccc3cc2[C@H](C)NC(=O)OC(C)(C)C)CC1. The molecule has 7 heteroatoms. The molecule has 0 bridgehead atoms. The maximum atomic E-state index is 12.4. The number of fused-ring (bicyclic) bond motifs is 1. The highest BCUT2D eigenvalue weighted by atomic mass is 16.6. The Hall–Kier alpha value is -2.83. The lowest BCUT2D eigenvalue weighted by Gasteiger charge is -2.36. The third kappa shape index (κ3) is 5.01. The Labute approximate surface area is 178 Å². The molecule has 1 aliphatic heterocycles. The van der Waals surface area contributed by atoms with Crippen molar-refractivity contribution < 1.29 is 14.3 Å². The molecule has 1 aromatic heterocycles. The smallest absolute Gasteiger partial charge is 0.408 e. The summed E-state index contributed by atoms with van der Waals surface area (Å²) >= 11 is 0. The van der Waals surface area contributed by atoms with Crippen LogP contribution in [0.3, 0.4) is 0 Å². The summed E-state index contributed by atoms with van der Waals surface area (Å²) in [6.07, 6.45) is -0.452. The van der Waals surface area contributed by atoms with Crippen molar-refractivity contribution in [3.63, 3.8) is 0 Å². The summed E-state index contributed by atoms with van der Waals surface area (Å²) in [6, 6.07) is 7.92. The van der Waals surface area contributed by atoms with Crippen LogP contribution in [-0.2, 0) is 9.53 Å². The number of nitrogens with zero attached hydrogens (tertiary/aromatic N) is 3. The van der Waals surface area contributed by atoms with E-state index in [-0.39, 0.29) is 11.9 Å². The second-order valence-corrected chi connectivity index (χ2v) is 8.91. The second-order valence-electron chi connectivity index (χ2n) is 8.91. The number of carbonyl (C=O) groups excluding carboxylic acids is 2. The van der Waals surface area contributed by atoms with E-state index in [1.54, 1.807) is 6.92 Å². The van der Waals surface area contributed by atoms with Gasteiger partial charge in [0.05, 0.1) is 11.6 Å². The number of aromatic nitrogens is 1. The molecule has 1 atom stereocenters. The largest absolute Gasteiger partial charge is 0.444 e. The number of amides is 2. The quantitative estimate of drug-likeness (QED) is 0.830. The van der Waals surface area contributed by atoms with Crippen molar-refractivity contribution >= 4 is 28.7 Å². The first kappa shape index (κ1) is 21.9. The van der Waals surface area contributed by atoms with E-state index in [1.807, 2.05) is 44.7 Å². The highest BCUT2D eigenvalue weighted by molar-refractivity contribution is 5.85. The van der Waals surface area contributed by atoms with E-state index in [4.69, 9.17) is 9.72 Å². The van der Waals surface area contributed by atoms with E-state index >= 15 is 0 Å². The predicted octanol–water partition coefficient (Wildman–Crippen LogP) is 3.80. The van der Waals surface area contributed by atoms with Gasteiger partial charge in [0, 0.05) is 44.1 Å². The normalized spacial score (nSPS) is 15.8. The third-order valence-electron chi connectivity index (χ3n) is 5.28. The molecule has 0 saturated carbocycles. The lowest BCUT2D eigenvalue weighted by molar-refractivity contribution is -0.129. The number of benzene rings is 1. The number of hydrogen-bond acceptors (Lipinski definition) is 5. The van der Waals surface area contributed by atoms with Crippen LogP contribution in [0.25, 0.3) is 10.9 Å². The minimum atomic E-state index is -0.561. The highest BCUT2D eigenvalue weighted by Gasteiger charge is 2.26. The van der Waals surface area contributed by atoms with Crippen molar-refractivity contribution in [2.45, 2.75) is 53.2 Å². The van der Waals surface area contributed by atoms with Crippen molar-refractivity contribution in [1.82, 2.24) is 15.2 Å². The first-order chi connectivity index (χ1) is 14.0. The molecule has 2 amide bonds. The minimum Gasteiger partial charge on any atom is -0.444 e. The number of rotatable bonds is 3. The molecule has 1 saturated heterocycles. The van der Waals surface area contributed by atoms with Gasteiger partial charge in [0.1, 0.15) is 11.4 Å². The summed E-state index contributed by atoms with van der Waals surface area (Å²) < 4.78 is 5.43. The summed E-state index contributed by atoms with van der Waals surface area (Å²) in [5.74, 6) is 0.945. The Morgan fingerprint density at radius 2 is 1.83 bits per heavy atom. The van der Waals surface area contributed by atoms with Crippen LogP contribution in [0, 0.1) is 6.92 Å². The van der Waals surface area contributed by atoms with Crippen LogP contribution in [0.4, 0.5) is 10.6 Å². The lowest BCUT2D eigenvalue weighted by Crippen LogP contribution is -2.48. The van der Waals surface area contributed by atoms with Crippen molar-refractivity contribution in [3.05, 3.63) is 35.4 Å². The van der Waals surface area contributed by atoms with Gasteiger partial charge < -0.3 is 19.9 Å². The summed E-state index contributed by atoms with van der Waals surface area (Å²) in [5.41, 5.74) is 2.44. The van der Waals surface area contributed by atoms with Gasteiger partial charge in [0.2, 0.25) is 5.91 Å². The number of hydrogen-bond donors (Lipinski definition) is 1. The molecule has 2 heterocycles. The molecule has 1 aromatic carbocycles. The van der Waals surface area contributed by atoms with Crippen LogP contribution in [-0.4, -0.2) is 53.7 Å². The molecule has 1 N–H and O–H groups in total. The average molecular weight is 413 g/mol. The molecule has 0 spiro atoms. The van der Waals surface area contributed by atoms with Crippen LogP contribution in [0.5, 0.6) is 0 Å². The van der Waals surface area contributed by atoms with Crippen LogP contribution in [0.15, 0.2) is 24.3 Å². The summed E-state index contributed by atoms with van der Waals surface area (Å²) in [7, 11) is 0. The Morgan fingerprint density at radius 1 is 1.17 bits per heavy atom. The fourth-order valence-corrected chi connectivity index (χ4v) is 3.72. The molecule has 30 heavy (non-hydrogen) atoms. The van der Waals surface area contributed by atoms with E-state index in [1.165, 1.54) is 0 Å². The van der Waals surface area contributed by atoms with Gasteiger partial charge in [0.25, 0.3) is 0 Å². The minimum absolute atomic E-state index is 0.0946. The fraction of sp³-hybridized carbons (Fsp3) is 0.522. The molecular weight excluding hydrogens is 380 g/mol. The van der Waals surface area contributed by atoms with Crippen molar-refractivity contribution in [3.8, 4) is 0 Å². The number of nitrogens with one attached hydrogen (secondary N) is 1. The lowest BCUT2D eigenvalue weighted by atomic mass is 10.0. The fourth-order valence-electron chi connectivity index (χ4n) is 3.72. The van der Waals surface area contributed by atoms with Crippen molar-refractivity contribution in [2.75, 3.05) is 31.1 Å². The molecule has 3 rings (SSSR count). The van der Waals surface area contributed by atoms with Crippen LogP contribution >= 0.6 is 0 Å². The Bertz CT molecular complexity index is 943. The molecule has 0 radical (unpaired) electrons. The zero-order chi connectivity index (χ0) is 22.1. The Morgan fingerprint density at radius 3 is 2.43 bits per heavy atom. The average Bonchev–Trinajstić information content (AvgIpc) is 2.66. The number of alkyl carbamates (subject to hydrolysis) is 1. The molecule has 1 fully saturated rings. The van der Waals surface area contributed by atoms with E-state index < -0.39 is 11.7 Å². The summed E-state index contributed by atoms with van der Waals surface area (Å²) in [6.45, 7) is 13.9. The Balaban J connectivity index is 1.94. The molecule has 0 unspecified atom stereocenters. The van der Waals surface area contributed by atoms with Crippen LogP contribution < -0.4 is 10.2 Å². The molecular formula is C23H32N4O3. The van der Waals surface area contributed by atoms with Crippen LogP contribution in [0.2, 0.25) is 0 Å². The van der Waals surface area contributed by atoms with Gasteiger partial charge in [-0.1, -0.05) is 18.2 Å². The topological polar surface area (TPSA) is 74.8 Å².